The summed E-state index contributed by atoms with van der Waals surface area (Å²) in [6.07, 6.45) is 4.77. The Labute approximate surface area is 133 Å². The zero-order chi connectivity index (χ0) is 16.0. The second kappa shape index (κ2) is 7.95. The van der Waals surface area contributed by atoms with Crippen molar-refractivity contribution in [3.63, 3.8) is 0 Å². The van der Waals surface area contributed by atoms with Gasteiger partial charge in [0.05, 0.1) is 11.2 Å². The minimum atomic E-state index is 0.0808. The normalized spacial score (nSPS) is 13.4. The fourth-order valence-electron chi connectivity index (χ4n) is 2.66. The van der Waals surface area contributed by atoms with Gasteiger partial charge in [-0.15, -0.1) is 0 Å². The molecule has 0 saturated heterocycles. The first-order valence-corrected chi connectivity index (χ1v) is 8.13. The van der Waals surface area contributed by atoms with Crippen molar-refractivity contribution in [1.29, 1.82) is 0 Å². The van der Waals surface area contributed by atoms with Gasteiger partial charge in [-0.2, -0.15) is 5.10 Å². The van der Waals surface area contributed by atoms with Crippen molar-refractivity contribution in [3.8, 4) is 0 Å². The van der Waals surface area contributed by atoms with Crippen LogP contribution in [-0.2, 0) is 6.54 Å². The summed E-state index contributed by atoms with van der Waals surface area (Å²) in [5.41, 5.74) is 6.41. The molecule has 0 fully saturated rings. The Bertz CT molecular complexity index is 463. The van der Waals surface area contributed by atoms with Crippen molar-refractivity contribution < 1.29 is 4.79 Å². The first-order chi connectivity index (χ1) is 9.81. The Hall–Kier alpha value is -0.870. The number of carbonyl (C=O) groups excluding carboxylic acids is 1. The van der Waals surface area contributed by atoms with Crippen LogP contribution in [0.15, 0.2) is 6.20 Å². The molecule has 1 heterocycles. The number of hydrogen-bond donors (Lipinski definition) is 1. The van der Waals surface area contributed by atoms with E-state index in [4.69, 9.17) is 17.3 Å². The van der Waals surface area contributed by atoms with E-state index in [1.807, 2.05) is 0 Å². The second-order valence-corrected chi connectivity index (χ2v) is 7.07. The Morgan fingerprint density at radius 2 is 2.10 bits per heavy atom. The molecule has 4 nitrogen and oxygen atoms in total. The maximum atomic E-state index is 12.5. The number of nitrogens with two attached hydrogens (primary N) is 1. The zero-order valence-corrected chi connectivity index (χ0v) is 14.4. The lowest BCUT2D eigenvalue weighted by Gasteiger charge is -2.30. The van der Waals surface area contributed by atoms with Crippen LogP contribution in [0.4, 0.5) is 0 Å². The summed E-state index contributed by atoms with van der Waals surface area (Å²) >= 11 is 6.12. The van der Waals surface area contributed by atoms with Gasteiger partial charge in [-0.1, -0.05) is 39.3 Å². The monoisotopic (exact) mass is 313 g/mol. The van der Waals surface area contributed by atoms with Crippen molar-refractivity contribution in [2.24, 2.45) is 17.1 Å². The van der Waals surface area contributed by atoms with Crippen LogP contribution in [0.2, 0.25) is 5.02 Å². The molecular weight excluding hydrogens is 286 g/mol. The predicted molar refractivity (Wildman–Crippen MR) is 87.7 cm³/mol. The first kappa shape index (κ1) is 18.2. The first-order valence-electron chi connectivity index (χ1n) is 7.75. The van der Waals surface area contributed by atoms with Gasteiger partial charge in [-0.05, 0) is 37.1 Å². The SMILES string of the molecule is CCCn1ncc(Cl)c1C(=O)CCC(CCN)C(C)(C)C. The molecule has 1 aromatic heterocycles. The molecule has 0 aliphatic heterocycles. The van der Waals surface area contributed by atoms with Crippen molar-refractivity contribution in [2.75, 3.05) is 6.54 Å². The summed E-state index contributed by atoms with van der Waals surface area (Å²) in [5, 5.41) is 4.64. The topological polar surface area (TPSA) is 60.9 Å². The molecule has 0 aliphatic carbocycles. The summed E-state index contributed by atoms with van der Waals surface area (Å²) in [7, 11) is 0. The van der Waals surface area contributed by atoms with E-state index >= 15 is 0 Å². The van der Waals surface area contributed by atoms with Gasteiger partial charge in [-0.25, -0.2) is 0 Å². The average Bonchev–Trinajstić information content (AvgIpc) is 2.74. The van der Waals surface area contributed by atoms with Gasteiger partial charge in [0.15, 0.2) is 5.78 Å². The van der Waals surface area contributed by atoms with Crippen LogP contribution in [0.5, 0.6) is 0 Å². The van der Waals surface area contributed by atoms with Crippen LogP contribution in [-0.4, -0.2) is 22.1 Å². The van der Waals surface area contributed by atoms with Crippen molar-refractivity contribution in [1.82, 2.24) is 9.78 Å². The second-order valence-electron chi connectivity index (χ2n) is 6.67. The standard InChI is InChI=1S/C16H28ClN3O/c1-5-10-20-15(13(17)11-19-20)14(21)7-6-12(8-9-18)16(2,3)4/h11-12H,5-10,18H2,1-4H3. The molecule has 0 spiro atoms. The predicted octanol–water partition coefficient (Wildman–Crippen LogP) is 3.92. The molecule has 0 aliphatic rings. The van der Waals surface area contributed by atoms with E-state index in [0.717, 1.165) is 25.8 Å². The van der Waals surface area contributed by atoms with Crippen LogP contribution < -0.4 is 5.73 Å². The van der Waals surface area contributed by atoms with E-state index in [2.05, 4.69) is 32.8 Å². The van der Waals surface area contributed by atoms with E-state index in [0.29, 0.717) is 29.6 Å². The van der Waals surface area contributed by atoms with Crippen LogP contribution in [0.25, 0.3) is 0 Å². The number of ketones is 1. The molecule has 0 bridgehead atoms. The van der Waals surface area contributed by atoms with Crippen molar-refractivity contribution >= 4 is 17.4 Å². The molecule has 0 aromatic carbocycles. The quantitative estimate of drug-likeness (QED) is 0.740. The highest BCUT2D eigenvalue weighted by Crippen LogP contribution is 2.32. The number of hydrogen-bond acceptors (Lipinski definition) is 3. The highest BCUT2D eigenvalue weighted by molar-refractivity contribution is 6.33. The summed E-state index contributed by atoms with van der Waals surface area (Å²) in [5.74, 6) is 0.519. The third-order valence-electron chi connectivity index (χ3n) is 3.95. The number of aromatic nitrogens is 2. The smallest absolute Gasteiger partial charge is 0.182 e. The average molecular weight is 314 g/mol. The molecule has 1 aromatic rings. The third kappa shape index (κ3) is 5.11. The lowest BCUT2D eigenvalue weighted by atomic mass is 9.76. The van der Waals surface area contributed by atoms with Gasteiger partial charge in [0.1, 0.15) is 5.69 Å². The fourth-order valence-corrected chi connectivity index (χ4v) is 2.90. The number of aryl methyl sites for hydroxylation is 1. The van der Waals surface area contributed by atoms with Crippen LogP contribution >= 0.6 is 11.6 Å². The molecule has 2 N–H and O–H groups in total. The molecule has 5 heteroatoms. The largest absolute Gasteiger partial charge is 0.330 e. The summed E-state index contributed by atoms with van der Waals surface area (Å²) in [4.78, 5) is 12.5. The van der Waals surface area contributed by atoms with Gasteiger partial charge >= 0.3 is 0 Å². The summed E-state index contributed by atoms with van der Waals surface area (Å²) in [6.45, 7) is 10.0. The minimum Gasteiger partial charge on any atom is -0.330 e. The molecule has 1 rings (SSSR count). The van der Waals surface area contributed by atoms with Gasteiger partial charge in [0.2, 0.25) is 0 Å². The van der Waals surface area contributed by atoms with E-state index < -0.39 is 0 Å². The maximum absolute atomic E-state index is 12.5. The molecule has 1 unspecified atom stereocenters. The number of nitrogens with zero attached hydrogens (tertiary/aromatic N) is 2. The van der Waals surface area contributed by atoms with Crippen LogP contribution in [0.3, 0.4) is 0 Å². The lowest BCUT2D eigenvalue weighted by Crippen LogP contribution is -2.24. The van der Waals surface area contributed by atoms with Crippen LogP contribution in [0, 0.1) is 11.3 Å². The number of carbonyl (C=O) groups is 1. The maximum Gasteiger partial charge on any atom is 0.182 e. The van der Waals surface area contributed by atoms with E-state index in [1.165, 1.54) is 0 Å². The highest BCUT2D eigenvalue weighted by Gasteiger charge is 2.26. The molecule has 21 heavy (non-hydrogen) atoms. The van der Waals surface area contributed by atoms with E-state index in [1.54, 1.807) is 10.9 Å². The van der Waals surface area contributed by atoms with Crippen LogP contribution in [0.1, 0.15) is 63.9 Å². The Morgan fingerprint density at radius 3 is 2.62 bits per heavy atom. The van der Waals surface area contributed by atoms with E-state index in [-0.39, 0.29) is 11.2 Å². The number of Topliss-reactive ketones (excluding diaryl/α,β-unsaturated/α-hetero) is 1. The molecule has 120 valence electrons. The Morgan fingerprint density at radius 1 is 1.43 bits per heavy atom. The number of halogens is 1. The molecule has 0 radical (unpaired) electrons. The number of rotatable bonds is 8. The molecule has 0 saturated carbocycles. The molecule has 1 atom stereocenters. The molecular formula is C16H28ClN3O. The summed E-state index contributed by atoms with van der Waals surface area (Å²) < 4.78 is 1.72. The van der Waals surface area contributed by atoms with Gasteiger partial charge < -0.3 is 5.73 Å². The van der Waals surface area contributed by atoms with Gasteiger partial charge in [0.25, 0.3) is 0 Å². The molecule has 0 amide bonds. The summed E-state index contributed by atoms with van der Waals surface area (Å²) in [6, 6.07) is 0. The van der Waals surface area contributed by atoms with Crippen molar-refractivity contribution in [3.05, 3.63) is 16.9 Å². The lowest BCUT2D eigenvalue weighted by molar-refractivity contribution is 0.0947. The van der Waals surface area contributed by atoms with Crippen molar-refractivity contribution in [2.45, 2.75) is 59.9 Å². The highest BCUT2D eigenvalue weighted by atomic mass is 35.5. The van der Waals surface area contributed by atoms with E-state index in [9.17, 15) is 4.79 Å². The Kier molecular flexibility index (Phi) is 6.88. The third-order valence-corrected chi connectivity index (χ3v) is 4.23. The fraction of sp³-hybridized carbons (Fsp3) is 0.750. The van der Waals surface area contributed by atoms with Gasteiger partial charge in [-0.3, -0.25) is 9.48 Å². The zero-order valence-electron chi connectivity index (χ0n) is 13.7. The minimum absolute atomic E-state index is 0.0808. The van der Waals surface area contributed by atoms with Gasteiger partial charge in [0, 0.05) is 13.0 Å². The Balaban J connectivity index is 2.75.